The second-order valence-corrected chi connectivity index (χ2v) is 5.99. The molecule has 0 bridgehead atoms. The van der Waals surface area contributed by atoms with E-state index in [-0.39, 0.29) is 5.91 Å². The molecule has 0 aliphatic heterocycles. The lowest BCUT2D eigenvalue weighted by Crippen LogP contribution is -2.30. The van der Waals surface area contributed by atoms with Crippen LogP contribution in [0.3, 0.4) is 0 Å². The zero-order chi connectivity index (χ0) is 15.4. The number of hydrogen-bond acceptors (Lipinski definition) is 2. The van der Waals surface area contributed by atoms with Gasteiger partial charge in [-0.15, -0.1) is 0 Å². The van der Waals surface area contributed by atoms with Gasteiger partial charge in [-0.2, -0.15) is 0 Å². The molecular weight excluding hydrogens is 354 g/mol. The first kappa shape index (κ1) is 15.9. The van der Waals surface area contributed by atoms with Crippen LogP contribution in [-0.4, -0.2) is 12.0 Å². The molecule has 0 saturated carbocycles. The summed E-state index contributed by atoms with van der Waals surface area (Å²) < 4.78 is 6.59. The molecular formula is C16H15BrClNO2. The summed E-state index contributed by atoms with van der Waals surface area (Å²) in [6.07, 6.45) is -0.603. The standard InChI is InChI=1S/C16H15BrClNO2/c1-10-9-14(7-8-15(10)18)21-11(2)16(20)19-13-5-3-12(17)4-6-13/h3-9,11H,1-2H3,(H,19,20)/t11-/m0/s1. The monoisotopic (exact) mass is 367 g/mol. The number of anilines is 1. The molecule has 1 atom stereocenters. The Kier molecular flexibility index (Phi) is 5.26. The van der Waals surface area contributed by atoms with E-state index in [4.69, 9.17) is 16.3 Å². The van der Waals surface area contributed by atoms with E-state index < -0.39 is 6.10 Å². The number of benzene rings is 2. The Balaban J connectivity index is 1.98. The van der Waals surface area contributed by atoms with Crippen LogP contribution in [0.15, 0.2) is 46.9 Å². The van der Waals surface area contributed by atoms with Gasteiger partial charge in [0, 0.05) is 15.2 Å². The van der Waals surface area contributed by atoms with Gasteiger partial charge in [0.15, 0.2) is 6.10 Å². The molecule has 3 nitrogen and oxygen atoms in total. The van der Waals surface area contributed by atoms with E-state index in [2.05, 4.69) is 21.2 Å². The van der Waals surface area contributed by atoms with Gasteiger partial charge in [0.25, 0.3) is 5.91 Å². The minimum absolute atomic E-state index is 0.204. The largest absolute Gasteiger partial charge is 0.481 e. The summed E-state index contributed by atoms with van der Waals surface area (Å²) in [6, 6.07) is 12.7. The molecule has 0 heterocycles. The van der Waals surface area contributed by atoms with Gasteiger partial charge >= 0.3 is 0 Å². The molecule has 0 saturated heterocycles. The minimum atomic E-state index is -0.603. The first-order valence-corrected chi connectivity index (χ1v) is 7.62. The smallest absolute Gasteiger partial charge is 0.265 e. The van der Waals surface area contributed by atoms with E-state index in [1.54, 1.807) is 19.1 Å². The van der Waals surface area contributed by atoms with Crippen molar-refractivity contribution < 1.29 is 9.53 Å². The number of ether oxygens (including phenoxy) is 1. The first-order chi connectivity index (χ1) is 9.95. The minimum Gasteiger partial charge on any atom is -0.481 e. The lowest BCUT2D eigenvalue weighted by molar-refractivity contribution is -0.122. The molecule has 0 aliphatic rings. The summed E-state index contributed by atoms with van der Waals surface area (Å²) in [7, 11) is 0. The number of amides is 1. The number of rotatable bonds is 4. The zero-order valence-corrected chi connectivity index (χ0v) is 14.0. The van der Waals surface area contributed by atoms with Crippen LogP contribution < -0.4 is 10.1 Å². The molecule has 0 aliphatic carbocycles. The third-order valence-electron chi connectivity index (χ3n) is 2.92. The third kappa shape index (κ3) is 4.48. The molecule has 1 amide bonds. The summed E-state index contributed by atoms with van der Waals surface area (Å²) in [6.45, 7) is 3.60. The fraction of sp³-hybridized carbons (Fsp3) is 0.188. The number of nitrogens with one attached hydrogen (secondary N) is 1. The van der Waals surface area contributed by atoms with Crippen molar-refractivity contribution >= 4 is 39.1 Å². The second kappa shape index (κ2) is 6.96. The first-order valence-electron chi connectivity index (χ1n) is 6.45. The molecule has 110 valence electrons. The Morgan fingerprint density at radius 1 is 1.24 bits per heavy atom. The number of hydrogen-bond donors (Lipinski definition) is 1. The number of carbonyl (C=O) groups excluding carboxylic acids is 1. The molecule has 0 unspecified atom stereocenters. The van der Waals surface area contributed by atoms with E-state index in [1.165, 1.54) is 0 Å². The summed E-state index contributed by atoms with van der Waals surface area (Å²) in [5, 5.41) is 3.48. The van der Waals surface area contributed by atoms with Crippen LogP contribution in [0.2, 0.25) is 5.02 Å². The summed E-state index contributed by atoms with van der Waals surface area (Å²) in [5.41, 5.74) is 1.64. The van der Waals surface area contributed by atoms with E-state index in [1.807, 2.05) is 37.3 Å². The third-order valence-corrected chi connectivity index (χ3v) is 3.88. The van der Waals surface area contributed by atoms with Gasteiger partial charge in [0.05, 0.1) is 0 Å². The van der Waals surface area contributed by atoms with Crippen molar-refractivity contribution in [3.63, 3.8) is 0 Å². The van der Waals surface area contributed by atoms with Crippen LogP contribution >= 0.6 is 27.5 Å². The maximum atomic E-state index is 12.1. The van der Waals surface area contributed by atoms with Gasteiger partial charge in [-0.05, 0) is 61.9 Å². The quantitative estimate of drug-likeness (QED) is 0.840. The SMILES string of the molecule is Cc1cc(O[C@@H](C)C(=O)Nc2ccc(Br)cc2)ccc1Cl. The van der Waals surface area contributed by atoms with Crippen molar-refractivity contribution in [3.8, 4) is 5.75 Å². The molecule has 0 spiro atoms. The fourth-order valence-corrected chi connectivity index (χ4v) is 2.11. The van der Waals surface area contributed by atoms with Crippen molar-refractivity contribution in [1.29, 1.82) is 0 Å². The number of aryl methyl sites for hydroxylation is 1. The van der Waals surface area contributed by atoms with Crippen LogP contribution in [0.25, 0.3) is 0 Å². The van der Waals surface area contributed by atoms with E-state index in [0.29, 0.717) is 10.8 Å². The lowest BCUT2D eigenvalue weighted by Gasteiger charge is -2.15. The molecule has 1 N–H and O–H groups in total. The Bertz CT molecular complexity index is 643. The van der Waals surface area contributed by atoms with Gasteiger partial charge in [-0.3, -0.25) is 4.79 Å². The Labute approximate surface area is 137 Å². The van der Waals surface area contributed by atoms with Crippen molar-refractivity contribution in [2.45, 2.75) is 20.0 Å². The number of carbonyl (C=O) groups is 1. The van der Waals surface area contributed by atoms with Crippen LogP contribution in [0.1, 0.15) is 12.5 Å². The van der Waals surface area contributed by atoms with Crippen molar-refractivity contribution in [1.82, 2.24) is 0 Å². The molecule has 2 aromatic carbocycles. The Morgan fingerprint density at radius 3 is 2.52 bits per heavy atom. The summed E-state index contributed by atoms with van der Waals surface area (Å²) in [5.74, 6) is 0.417. The average molecular weight is 369 g/mol. The van der Waals surface area contributed by atoms with Gasteiger partial charge in [0.1, 0.15) is 5.75 Å². The lowest BCUT2D eigenvalue weighted by atomic mass is 10.2. The molecule has 5 heteroatoms. The van der Waals surface area contributed by atoms with Crippen LogP contribution in [0, 0.1) is 6.92 Å². The topological polar surface area (TPSA) is 38.3 Å². The molecule has 2 rings (SSSR count). The highest BCUT2D eigenvalue weighted by molar-refractivity contribution is 9.10. The van der Waals surface area contributed by atoms with E-state index in [0.717, 1.165) is 15.7 Å². The molecule has 0 fully saturated rings. The fourth-order valence-electron chi connectivity index (χ4n) is 1.73. The highest BCUT2D eigenvalue weighted by atomic mass is 79.9. The van der Waals surface area contributed by atoms with Gasteiger partial charge < -0.3 is 10.1 Å². The van der Waals surface area contributed by atoms with Crippen molar-refractivity contribution in [2.24, 2.45) is 0 Å². The molecule has 0 aromatic heterocycles. The van der Waals surface area contributed by atoms with Crippen LogP contribution in [-0.2, 0) is 4.79 Å². The molecule has 2 aromatic rings. The van der Waals surface area contributed by atoms with E-state index in [9.17, 15) is 4.79 Å². The maximum absolute atomic E-state index is 12.1. The van der Waals surface area contributed by atoms with Gasteiger partial charge in [-0.25, -0.2) is 0 Å². The predicted octanol–water partition coefficient (Wildman–Crippen LogP) is 4.82. The summed E-state index contributed by atoms with van der Waals surface area (Å²) >= 11 is 9.31. The molecule has 21 heavy (non-hydrogen) atoms. The normalized spacial score (nSPS) is 11.8. The molecule has 0 radical (unpaired) electrons. The highest BCUT2D eigenvalue weighted by Crippen LogP contribution is 2.22. The highest BCUT2D eigenvalue weighted by Gasteiger charge is 2.15. The Hall–Kier alpha value is -1.52. The number of halogens is 2. The Morgan fingerprint density at radius 2 is 1.90 bits per heavy atom. The average Bonchev–Trinajstić information content (AvgIpc) is 2.45. The second-order valence-electron chi connectivity index (χ2n) is 4.67. The van der Waals surface area contributed by atoms with Gasteiger partial charge in [-0.1, -0.05) is 27.5 Å². The van der Waals surface area contributed by atoms with Crippen LogP contribution in [0.4, 0.5) is 5.69 Å². The zero-order valence-electron chi connectivity index (χ0n) is 11.7. The summed E-state index contributed by atoms with van der Waals surface area (Å²) in [4.78, 5) is 12.1. The van der Waals surface area contributed by atoms with E-state index >= 15 is 0 Å². The van der Waals surface area contributed by atoms with Gasteiger partial charge in [0.2, 0.25) is 0 Å². The maximum Gasteiger partial charge on any atom is 0.265 e. The van der Waals surface area contributed by atoms with Crippen molar-refractivity contribution in [2.75, 3.05) is 5.32 Å². The van der Waals surface area contributed by atoms with Crippen LogP contribution in [0.5, 0.6) is 5.75 Å². The van der Waals surface area contributed by atoms with Crippen molar-refractivity contribution in [3.05, 3.63) is 57.5 Å². The predicted molar refractivity (Wildman–Crippen MR) is 89.1 cm³/mol.